The molecule has 5 heteroatoms. The van der Waals surface area contributed by atoms with Crippen molar-refractivity contribution in [2.24, 2.45) is 0 Å². The minimum absolute atomic E-state index is 0.207. The molecule has 1 aliphatic rings. The van der Waals surface area contributed by atoms with Crippen LogP contribution in [0.2, 0.25) is 0 Å². The minimum atomic E-state index is -0.602. The number of hydrogen-bond acceptors (Lipinski definition) is 4. The lowest BCUT2D eigenvalue weighted by Gasteiger charge is -2.20. The maximum atomic E-state index is 13.9. The van der Waals surface area contributed by atoms with Crippen molar-refractivity contribution < 1.29 is 18.7 Å². The third kappa shape index (κ3) is 3.44. The van der Waals surface area contributed by atoms with Gasteiger partial charge in [0.1, 0.15) is 12.2 Å². The summed E-state index contributed by atoms with van der Waals surface area (Å²) in [5.41, 5.74) is 0.242. The van der Waals surface area contributed by atoms with Gasteiger partial charge in [0.15, 0.2) is 11.6 Å². The Kier molecular flexibility index (Phi) is 3.75. The second-order valence-corrected chi connectivity index (χ2v) is 5.47. The van der Waals surface area contributed by atoms with Crippen molar-refractivity contribution in [3.63, 3.8) is 0 Å². The van der Waals surface area contributed by atoms with Gasteiger partial charge in [0.2, 0.25) is 0 Å². The number of esters is 1. The topological polar surface area (TPSA) is 47.6 Å². The minimum Gasteiger partial charge on any atom is -0.489 e. The number of carbonyl (C=O) groups is 1. The van der Waals surface area contributed by atoms with Crippen LogP contribution in [-0.2, 0) is 11.3 Å². The summed E-state index contributed by atoms with van der Waals surface area (Å²) in [5, 5.41) is 3.10. The molecule has 0 bridgehead atoms. The van der Waals surface area contributed by atoms with Crippen LogP contribution < -0.4 is 10.1 Å². The fourth-order valence-corrected chi connectivity index (χ4v) is 1.85. The molecule has 1 aromatic rings. The highest BCUT2D eigenvalue weighted by atomic mass is 19.1. The molecule has 0 spiro atoms. The first-order valence-corrected chi connectivity index (χ1v) is 6.26. The van der Waals surface area contributed by atoms with Gasteiger partial charge in [0, 0.05) is 18.7 Å². The molecule has 0 saturated carbocycles. The van der Waals surface area contributed by atoms with Crippen molar-refractivity contribution in [2.45, 2.75) is 32.9 Å². The molecule has 0 atom stereocenters. The molecular weight excluding hydrogens is 249 g/mol. The second-order valence-electron chi connectivity index (χ2n) is 5.47. The number of halogens is 1. The van der Waals surface area contributed by atoms with Gasteiger partial charge in [0.05, 0.1) is 5.56 Å². The maximum absolute atomic E-state index is 13.9. The second kappa shape index (κ2) is 5.17. The number of fused-ring (bicyclic) bond motifs is 1. The number of hydrogen-bond donors (Lipinski definition) is 1. The fourth-order valence-electron chi connectivity index (χ4n) is 1.85. The number of carbonyl (C=O) groups excluding carboxylic acids is 1. The van der Waals surface area contributed by atoms with Crippen LogP contribution in [0.25, 0.3) is 0 Å². The molecule has 0 radical (unpaired) electrons. The number of benzene rings is 1. The average Bonchev–Trinajstić information content (AvgIpc) is 2.51. The average molecular weight is 267 g/mol. The summed E-state index contributed by atoms with van der Waals surface area (Å²) >= 11 is 0. The molecule has 0 aliphatic carbocycles. The van der Waals surface area contributed by atoms with Crippen LogP contribution in [0.15, 0.2) is 12.1 Å². The lowest BCUT2D eigenvalue weighted by Crippen LogP contribution is -2.24. The molecule has 104 valence electrons. The Bertz CT molecular complexity index is 494. The molecule has 2 rings (SSSR count). The van der Waals surface area contributed by atoms with Gasteiger partial charge in [-0.25, -0.2) is 9.18 Å². The molecule has 1 aromatic carbocycles. The fraction of sp³-hybridized carbons (Fsp3) is 0.500. The normalized spacial score (nSPS) is 15.2. The van der Waals surface area contributed by atoms with Crippen LogP contribution in [0.1, 0.15) is 36.7 Å². The van der Waals surface area contributed by atoms with Crippen molar-refractivity contribution in [3.05, 3.63) is 29.1 Å². The maximum Gasteiger partial charge on any atom is 0.338 e. The summed E-state index contributed by atoms with van der Waals surface area (Å²) in [6, 6.07) is 2.78. The number of nitrogens with one attached hydrogen (secondary N) is 1. The predicted molar refractivity (Wildman–Crippen MR) is 68.8 cm³/mol. The highest BCUT2D eigenvalue weighted by molar-refractivity contribution is 5.90. The van der Waals surface area contributed by atoms with Crippen LogP contribution in [0, 0.1) is 5.82 Å². The number of ether oxygens (including phenoxy) is 2. The lowest BCUT2D eigenvalue weighted by atomic mass is 10.1. The van der Waals surface area contributed by atoms with E-state index in [1.54, 1.807) is 26.8 Å². The Morgan fingerprint density at radius 2 is 2.16 bits per heavy atom. The molecule has 1 N–H and O–H groups in total. The Morgan fingerprint density at radius 3 is 2.84 bits per heavy atom. The van der Waals surface area contributed by atoms with Gasteiger partial charge in [-0.2, -0.15) is 0 Å². The Morgan fingerprint density at radius 1 is 1.42 bits per heavy atom. The molecule has 4 nitrogen and oxygen atoms in total. The summed E-state index contributed by atoms with van der Waals surface area (Å²) in [7, 11) is 0. The van der Waals surface area contributed by atoms with E-state index in [1.807, 2.05) is 0 Å². The van der Waals surface area contributed by atoms with Gasteiger partial charge in [-0.1, -0.05) is 0 Å². The van der Waals surface area contributed by atoms with E-state index in [9.17, 15) is 9.18 Å². The van der Waals surface area contributed by atoms with Gasteiger partial charge in [-0.3, -0.25) is 0 Å². The zero-order valence-corrected chi connectivity index (χ0v) is 11.4. The zero-order valence-electron chi connectivity index (χ0n) is 11.4. The van der Waals surface area contributed by atoms with E-state index in [1.165, 1.54) is 0 Å². The van der Waals surface area contributed by atoms with Gasteiger partial charge in [-0.15, -0.1) is 0 Å². The molecule has 0 fully saturated rings. The van der Waals surface area contributed by atoms with Crippen molar-refractivity contribution in [1.29, 1.82) is 0 Å². The first-order valence-electron chi connectivity index (χ1n) is 6.26. The number of rotatable bonds is 1. The van der Waals surface area contributed by atoms with E-state index in [0.717, 1.165) is 6.07 Å². The van der Waals surface area contributed by atoms with Gasteiger partial charge >= 0.3 is 5.97 Å². The van der Waals surface area contributed by atoms with E-state index >= 15 is 0 Å². The first kappa shape index (κ1) is 13.8. The van der Waals surface area contributed by atoms with Crippen LogP contribution >= 0.6 is 0 Å². The Balaban J connectivity index is 2.31. The van der Waals surface area contributed by atoms with E-state index in [4.69, 9.17) is 9.47 Å². The monoisotopic (exact) mass is 267 g/mol. The van der Waals surface area contributed by atoms with Crippen LogP contribution in [0.5, 0.6) is 5.75 Å². The summed E-state index contributed by atoms with van der Waals surface area (Å²) in [6.07, 6.45) is 0. The van der Waals surface area contributed by atoms with Gasteiger partial charge in [-0.05, 0) is 32.9 Å². The molecular formula is C14H18FNO3. The highest BCUT2D eigenvalue weighted by Crippen LogP contribution is 2.27. The van der Waals surface area contributed by atoms with Crippen LogP contribution in [-0.4, -0.2) is 24.7 Å². The SMILES string of the molecule is CC(C)(C)OC(=O)c1cc(F)c2c(c1)CNCCO2. The molecule has 0 aromatic heterocycles. The third-order valence-corrected chi connectivity index (χ3v) is 2.60. The molecule has 1 aliphatic heterocycles. The lowest BCUT2D eigenvalue weighted by molar-refractivity contribution is 0.00688. The third-order valence-electron chi connectivity index (χ3n) is 2.60. The van der Waals surface area contributed by atoms with Gasteiger partial charge in [0.25, 0.3) is 0 Å². The Labute approximate surface area is 111 Å². The van der Waals surface area contributed by atoms with E-state index in [0.29, 0.717) is 25.3 Å². The highest BCUT2D eigenvalue weighted by Gasteiger charge is 2.22. The molecule has 0 amide bonds. The van der Waals surface area contributed by atoms with Crippen LogP contribution in [0.4, 0.5) is 4.39 Å². The molecule has 19 heavy (non-hydrogen) atoms. The Hall–Kier alpha value is -1.62. The summed E-state index contributed by atoms with van der Waals surface area (Å²) < 4.78 is 24.5. The van der Waals surface area contributed by atoms with E-state index < -0.39 is 17.4 Å². The molecule has 0 saturated heterocycles. The summed E-state index contributed by atoms with van der Waals surface area (Å²) in [6.45, 7) is 6.86. The first-order chi connectivity index (χ1) is 8.87. The van der Waals surface area contributed by atoms with Crippen LogP contribution in [0.3, 0.4) is 0 Å². The smallest absolute Gasteiger partial charge is 0.338 e. The quantitative estimate of drug-likeness (QED) is 0.793. The summed E-state index contributed by atoms with van der Waals surface area (Å²) in [4.78, 5) is 11.9. The van der Waals surface area contributed by atoms with Crippen molar-refractivity contribution >= 4 is 5.97 Å². The molecule has 0 unspecified atom stereocenters. The predicted octanol–water partition coefficient (Wildman–Crippen LogP) is 2.26. The largest absolute Gasteiger partial charge is 0.489 e. The molecule has 1 heterocycles. The zero-order chi connectivity index (χ0) is 14.0. The van der Waals surface area contributed by atoms with Gasteiger partial charge < -0.3 is 14.8 Å². The van der Waals surface area contributed by atoms with E-state index in [-0.39, 0.29) is 11.3 Å². The standard InChI is InChI=1S/C14H18FNO3/c1-14(2,3)19-13(17)9-6-10-8-16-4-5-18-12(10)11(15)7-9/h6-7,16H,4-5,8H2,1-3H3. The van der Waals surface area contributed by atoms with E-state index in [2.05, 4.69) is 5.32 Å². The van der Waals surface area contributed by atoms with Crippen molar-refractivity contribution in [2.75, 3.05) is 13.2 Å². The van der Waals surface area contributed by atoms with Crippen molar-refractivity contribution in [1.82, 2.24) is 5.32 Å². The summed E-state index contributed by atoms with van der Waals surface area (Å²) in [5.74, 6) is -0.835. The van der Waals surface area contributed by atoms with Crippen molar-refractivity contribution in [3.8, 4) is 5.75 Å².